The van der Waals surface area contributed by atoms with Crippen LogP contribution < -0.4 is 11.3 Å². The van der Waals surface area contributed by atoms with Crippen LogP contribution in [0, 0.1) is 0 Å². The SMILES string of the molecule is Nc1nc2c(ncn2/C=C\P(=O)(O)O)c(=O)[nH]1. The molecule has 0 radical (unpaired) electrons. The fraction of sp³-hybridized carbons (Fsp3) is 0. The van der Waals surface area contributed by atoms with Crippen LogP contribution in [0.25, 0.3) is 17.4 Å². The Kier molecular flexibility index (Phi) is 2.58. The quantitative estimate of drug-likeness (QED) is 0.520. The molecule has 17 heavy (non-hydrogen) atoms. The van der Waals surface area contributed by atoms with Gasteiger partial charge in [-0.3, -0.25) is 18.9 Å². The summed E-state index contributed by atoms with van der Waals surface area (Å²) in [7, 11) is -4.28. The first-order valence-corrected chi connectivity index (χ1v) is 6.02. The summed E-state index contributed by atoms with van der Waals surface area (Å²) in [6, 6.07) is 0. The van der Waals surface area contributed by atoms with Crippen molar-refractivity contribution in [1.29, 1.82) is 0 Å². The number of nitrogens with zero attached hydrogens (tertiary/aromatic N) is 3. The van der Waals surface area contributed by atoms with Crippen molar-refractivity contribution in [2.75, 3.05) is 5.73 Å². The minimum atomic E-state index is -4.28. The first kappa shape index (κ1) is 11.5. The summed E-state index contributed by atoms with van der Waals surface area (Å²) in [6.45, 7) is 0. The third-order valence-electron chi connectivity index (χ3n) is 1.87. The van der Waals surface area contributed by atoms with Crippen molar-refractivity contribution in [3.05, 3.63) is 22.5 Å². The minimum Gasteiger partial charge on any atom is -0.369 e. The molecular formula is C7H8N5O4P. The molecule has 0 aromatic carbocycles. The molecule has 0 fully saturated rings. The van der Waals surface area contributed by atoms with Crippen molar-refractivity contribution in [1.82, 2.24) is 19.5 Å². The average molecular weight is 257 g/mol. The van der Waals surface area contributed by atoms with Gasteiger partial charge in [0.25, 0.3) is 5.56 Å². The van der Waals surface area contributed by atoms with Crippen LogP contribution >= 0.6 is 7.60 Å². The molecule has 5 N–H and O–H groups in total. The number of hydrogen-bond acceptors (Lipinski definition) is 5. The maximum Gasteiger partial charge on any atom is 0.350 e. The van der Waals surface area contributed by atoms with Gasteiger partial charge in [0, 0.05) is 12.0 Å². The number of aromatic amines is 1. The van der Waals surface area contributed by atoms with Gasteiger partial charge in [0.2, 0.25) is 5.95 Å². The van der Waals surface area contributed by atoms with Crippen molar-refractivity contribution < 1.29 is 14.4 Å². The number of rotatable bonds is 2. The molecule has 0 aliphatic heterocycles. The molecule has 10 heteroatoms. The van der Waals surface area contributed by atoms with Crippen LogP contribution in [-0.4, -0.2) is 29.3 Å². The lowest BCUT2D eigenvalue weighted by atomic mass is 10.5. The second kappa shape index (κ2) is 3.81. The Morgan fingerprint density at radius 2 is 2.24 bits per heavy atom. The number of fused-ring (bicyclic) bond motifs is 1. The molecule has 2 heterocycles. The van der Waals surface area contributed by atoms with Crippen LogP contribution in [0.2, 0.25) is 0 Å². The van der Waals surface area contributed by atoms with E-state index < -0.39 is 13.2 Å². The minimum absolute atomic E-state index is 0.0366. The number of hydrogen-bond donors (Lipinski definition) is 4. The summed E-state index contributed by atoms with van der Waals surface area (Å²) < 4.78 is 11.9. The van der Waals surface area contributed by atoms with E-state index >= 15 is 0 Å². The van der Waals surface area contributed by atoms with Gasteiger partial charge in [0.1, 0.15) is 6.33 Å². The topological polar surface area (TPSA) is 147 Å². The van der Waals surface area contributed by atoms with Crippen molar-refractivity contribution in [3.63, 3.8) is 0 Å². The number of nitrogens with one attached hydrogen (secondary N) is 1. The Morgan fingerprint density at radius 1 is 1.53 bits per heavy atom. The third kappa shape index (κ3) is 2.41. The Labute approximate surface area is 93.8 Å². The molecule has 9 nitrogen and oxygen atoms in total. The van der Waals surface area contributed by atoms with E-state index in [1.165, 1.54) is 10.9 Å². The summed E-state index contributed by atoms with van der Waals surface area (Å²) in [4.78, 5) is 38.6. The fourth-order valence-corrected chi connectivity index (χ4v) is 1.53. The smallest absolute Gasteiger partial charge is 0.350 e. The number of anilines is 1. The van der Waals surface area contributed by atoms with Gasteiger partial charge in [-0.05, 0) is 0 Å². The lowest BCUT2D eigenvalue weighted by Crippen LogP contribution is -2.11. The standard InChI is InChI=1S/C7H8N5O4P/c8-7-10-5-4(6(13)11-7)9-3-12(5)1-2-17(14,15)16/h1-3H,(H2,14,15,16)(H3,8,10,11,13)/b2-1-. The van der Waals surface area contributed by atoms with Crippen LogP contribution in [0.5, 0.6) is 0 Å². The second-order valence-corrected chi connectivity index (χ2v) is 4.64. The maximum absolute atomic E-state index is 11.4. The van der Waals surface area contributed by atoms with Crippen molar-refractivity contribution in [3.8, 4) is 0 Å². The zero-order valence-corrected chi connectivity index (χ0v) is 9.20. The van der Waals surface area contributed by atoms with Crippen molar-refractivity contribution >= 4 is 30.9 Å². The monoisotopic (exact) mass is 257 g/mol. The summed E-state index contributed by atoms with van der Waals surface area (Å²) in [5.41, 5.74) is 4.99. The molecule has 0 amide bonds. The van der Waals surface area contributed by atoms with Gasteiger partial charge in [-0.1, -0.05) is 0 Å². The Bertz CT molecular complexity index is 696. The highest BCUT2D eigenvalue weighted by molar-refractivity contribution is 7.55. The molecule has 2 rings (SSSR count). The van der Waals surface area contributed by atoms with Crippen LogP contribution in [0.15, 0.2) is 16.9 Å². The summed E-state index contributed by atoms with van der Waals surface area (Å²) >= 11 is 0. The summed E-state index contributed by atoms with van der Waals surface area (Å²) in [5, 5.41) is 0. The molecule has 0 saturated carbocycles. The van der Waals surface area contributed by atoms with Gasteiger partial charge >= 0.3 is 7.60 Å². The highest BCUT2D eigenvalue weighted by atomic mass is 31.2. The normalized spacial score (nSPS) is 12.6. The van der Waals surface area contributed by atoms with E-state index in [9.17, 15) is 9.36 Å². The van der Waals surface area contributed by atoms with Crippen LogP contribution in [0.3, 0.4) is 0 Å². The van der Waals surface area contributed by atoms with E-state index in [0.717, 1.165) is 6.20 Å². The Balaban J connectivity index is 2.61. The molecule has 0 atom stereocenters. The van der Waals surface area contributed by atoms with Gasteiger partial charge in [0.05, 0.1) is 0 Å². The maximum atomic E-state index is 11.4. The molecule has 90 valence electrons. The average Bonchev–Trinajstić information content (AvgIpc) is 2.57. The lowest BCUT2D eigenvalue weighted by molar-refractivity contribution is 0.386. The fourth-order valence-electron chi connectivity index (χ4n) is 1.21. The molecule has 0 aliphatic rings. The number of nitrogens with two attached hydrogens (primary N) is 1. The van der Waals surface area contributed by atoms with Crippen LogP contribution in [0.4, 0.5) is 5.95 Å². The largest absolute Gasteiger partial charge is 0.369 e. The molecule has 2 aromatic rings. The molecule has 0 aliphatic carbocycles. The van der Waals surface area contributed by atoms with Gasteiger partial charge in [-0.25, -0.2) is 4.98 Å². The molecule has 2 aromatic heterocycles. The zero-order chi connectivity index (χ0) is 12.6. The lowest BCUT2D eigenvalue weighted by Gasteiger charge is -1.97. The van der Waals surface area contributed by atoms with Gasteiger partial charge in [0.15, 0.2) is 11.2 Å². The Hall–Kier alpha value is -1.96. The van der Waals surface area contributed by atoms with E-state index in [1.807, 2.05) is 0 Å². The van der Waals surface area contributed by atoms with E-state index in [1.54, 1.807) is 0 Å². The zero-order valence-electron chi connectivity index (χ0n) is 8.31. The third-order valence-corrected chi connectivity index (χ3v) is 2.39. The van der Waals surface area contributed by atoms with Crippen LogP contribution in [-0.2, 0) is 4.57 Å². The first-order chi connectivity index (χ1) is 7.87. The number of aromatic nitrogens is 4. The summed E-state index contributed by atoms with van der Waals surface area (Å²) in [5.74, 6) is 0.571. The predicted octanol–water partition coefficient (Wildman–Crippen LogP) is -0.692. The molecular weight excluding hydrogens is 249 g/mol. The van der Waals surface area contributed by atoms with Crippen molar-refractivity contribution in [2.45, 2.75) is 0 Å². The summed E-state index contributed by atoms with van der Waals surface area (Å²) in [6.07, 6.45) is 2.28. The second-order valence-electron chi connectivity index (χ2n) is 3.16. The van der Waals surface area contributed by atoms with E-state index in [4.69, 9.17) is 15.5 Å². The van der Waals surface area contributed by atoms with Gasteiger partial charge in [-0.15, -0.1) is 0 Å². The van der Waals surface area contributed by atoms with Crippen LogP contribution in [0.1, 0.15) is 0 Å². The molecule has 0 saturated heterocycles. The van der Waals surface area contributed by atoms with E-state index in [2.05, 4.69) is 15.0 Å². The Morgan fingerprint density at radius 3 is 2.88 bits per heavy atom. The first-order valence-electron chi connectivity index (χ1n) is 4.34. The molecule has 0 bridgehead atoms. The highest BCUT2D eigenvalue weighted by Crippen LogP contribution is 2.36. The molecule has 0 spiro atoms. The van der Waals surface area contributed by atoms with E-state index in [0.29, 0.717) is 5.82 Å². The van der Waals surface area contributed by atoms with Gasteiger partial charge in [-0.2, -0.15) is 4.98 Å². The number of nitrogen functional groups attached to an aromatic ring is 1. The number of H-pyrrole nitrogens is 1. The predicted molar refractivity (Wildman–Crippen MR) is 59.9 cm³/mol. The number of imidazole rings is 1. The molecule has 0 unspecified atom stereocenters. The van der Waals surface area contributed by atoms with Crippen molar-refractivity contribution in [2.24, 2.45) is 0 Å². The van der Waals surface area contributed by atoms with E-state index in [-0.39, 0.29) is 17.1 Å². The highest BCUT2D eigenvalue weighted by Gasteiger charge is 2.10. The van der Waals surface area contributed by atoms with Gasteiger partial charge < -0.3 is 15.5 Å².